The average molecular weight is 318 g/mol. The summed E-state index contributed by atoms with van der Waals surface area (Å²) in [4.78, 5) is 11.7. The van der Waals surface area contributed by atoms with E-state index in [-0.39, 0.29) is 11.9 Å². The van der Waals surface area contributed by atoms with E-state index in [0.717, 1.165) is 38.0 Å². The molecule has 128 valence electrons. The summed E-state index contributed by atoms with van der Waals surface area (Å²) in [6, 6.07) is 4.46. The van der Waals surface area contributed by atoms with Crippen LogP contribution in [0.25, 0.3) is 0 Å². The van der Waals surface area contributed by atoms with Gasteiger partial charge in [-0.3, -0.25) is 4.79 Å². The Kier molecular flexibility index (Phi) is 6.09. The largest absolute Gasteiger partial charge is 0.493 e. The summed E-state index contributed by atoms with van der Waals surface area (Å²) in [5.74, 6) is 2.03. The number of ether oxygens (including phenoxy) is 2. The third-order valence-corrected chi connectivity index (χ3v) is 4.84. The van der Waals surface area contributed by atoms with Crippen molar-refractivity contribution in [2.45, 2.75) is 59.3 Å². The Morgan fingerprint density at radius 1 is 1.30 bits per heavy atom. The molecule has 0 spiro atoms. The van der Waals surface area contributed by atoms with Gasteiger partial charge in [-0.05, 0) is 62.5 Å². The predicted octanol–water partition coefficient (Wildman–Crippen LogP) is 4.79. The molecule has 3 unspecified atom stereocenters. The Hall–Kier alpha value is -1.51. The number of carbonyl (C=O) groups excluding carboxylic acids is 1. The van der Waals surface area contributed by atoms with Gasteiger partial charge in [-0.25, -0.2) is 0 Å². The lowest BCUT2D eigenvalue weighted by Crippen LogP contribution is -2.09. The molecule has 0 amide bonds. The summed E-state index contributed by atoms with van der Waals surface area (Å²) in [6.45, 7) is 9.37. The lowest BCUT2D eigenvalue weighted by atomic mass is 9.87. The molecule has 0 aromatic heterocycles. The topological polar surface area (TPSA) is 35.5 Å². The second-order valence-electron chi connectivity index (χ2n) is 6.81. The fourth-order valence-corrected chi connectivity index (χ4v) is 3.52. The molecule has 0 N–H and O–H groups in total. The molecule has 1 fully saturated rings. The van der Waals surface area contributed by atoms with Crippen LogP contribution >= 0.6 is 0 Å². The van der Waals surface area contributed by atoms with Crippen LogP contribution < -0.4 is 4.74 Å². The van der Waals surface area contributed by atoms with Gasteiger partial charge in [-0.2, -0.15) is 0 Å². The molecule has 0 radical (unpaired) electrons. The summed E-state index contributed by atoms with van der Waals surface area (Å²) in [7, 11) is 1.48. The molecule has 23 heavy (non-hydrogen) atoms. The van der Waals surface area contributed by atoms with Crippen molar-refractivity contribution in [3.05, 3.63) is 28.8 Å². The molecule has 2 rings (SSSR count). The first-order chi connectivity index (χ1) is 11.0. The highest BCUT2D eigenvalue weighted by Gasteiger charge is 2.44. The highest BCUT2D eigenvalue weighted by Crippen LogP contribution is 2.48. The van der Waals surface area contributed by atoms with Gasteiger partial charge in [0.2, 0.25) is 0 Å². The average Bonchev–Trinajstić information content (AvgIpc) is 3.29. The molecule has 1 aliphatic carbocycles. The SMILES string of the molecule is CCCOc1c(C)cc(C)cc1C(CC)CC1CC1C(=O)OC. The number of rotatable bonds is 8. The van der Waals surface area contributed by atoms with Crippen LogP contribution in [0.4, 0.5) is 0 Å². The number of aryl methyl sites for hydroxylation is 2. The molecule has 0 aliphatic heterocycles. The highest BCUT2D eigenvalue weighted by molar-refractivity contribution is 5.75. The lowest BCUT2D eigenvalue weighted by molar-refractivity contribution is -0.142. The van der Waals surface area contributed by atoms with E-state index in [4.69, 9.17) is 9.47 Å². The molecule has 1 aliphatic rings. The van der Waals surface area contributed by atoms with Gasteiger partial charge in [0.05, 0.1) is 19.6 Å². The van der Waals surface area contributed by atoms with Crippen molar-refractivity contribution in [1.29, 1.82) is 0 Å². The maximum Gasteiger partial charge on any atom is 0.308 e. The van der Waals surface area contributed by atoms with Gasteiger partial charge >= 0.3 is 5.97 Å². The zero-order valence-corrected chi connectivity index (χ0v) is 15.1. The molecule has 0 heterocycles. The van der Waals surface area contributed by atoms with E-state index in [1.54, 1.807) is 0 Å². The maximum atomic E-state index is 11.7. The summed E-state index contributed by atoms with van der Waals surface area (Å²) < 4.78 is 10.9. The first-order valence-corrected chi connectivity index (χ1v) is 8.83. The van der Waals surface area contributed by atoms with Gasteiger partial charge in [0.1, 0.15) is 5.75 Å². The van der Waals surface area contributed by atoms with E-state index in [1.165, 1.54) is 23.8 Å². The van der Waals surface area contributed by atoms with Crippen LogP contribution in [0.3, 0.4) is 0 Å². The molecule has 1 aromatic rings. The molecule has 1 saturated carbocycles. The van der Waals surface area contributed by atoms with E-state index in [2.05, 4.69) is 39.8 Å². The van der Waals surface area contributed by atoms with Crippen molar-refractivity contribution in [3.63, 3.8) is 0 Å². The van der Waals surface area contributed by atoms with E-state index in [9.17, 15) is 4.79 Å². The van der Waals surface area contributed by atoms with Crippen LogP contribution in [0.15, 0.2) is 12.1 Å². The highest BCUT2D eigenvalue weighted by atomic mass is 16.5. The van der Waals surface area contributed by atoms with Crippen molar-refractivity contribution >= 4 is 5.97 Å². The molecule has 3 nitrogen and oxygen atoms in total. The molecule has 3 heteroatoms. The number of benzene rings is 1. The Morgan fingerprint density at radius 2 is 2.04 bits per heavy atom. The van der Waals surface area contributed by atoms with Crippen molar-refractivity contribution in [3.8, 4) is 5.75 Å². The second kappa shape index (κ2) is 7.85. The van der Waals surface area contributed by atoms with Gasteiger partial charge in [0.15, 0.2) is 0 Å². The first kappa shape index (κ1) is 17.8. The van der Waals surface area contributed by atoms with Crippen LogP contribution in [0, 0.1) is 25.7 Å². The van der Waals surface area contributed by atoms with E-state index in [0.29, 0.717) is 11.8 Å². The van der Waals surface area contributed by atoms with E-state index >= 15 is 0 Å². The number of methoxy groups -OCH3 is 1. The monoisotopic (exact) mass is 318 g/mol. The van der Waals surface area contributed by atoms with E-state index < -0.39 is 0 Å². The Labute approximate surface area is 140 Å². The molecular weight excluding hydrogens is 288 g/mol. The number of carbonyl (C=O) groups is 1. The number of hydrogen-bond donors (Lipinski definition) is 0. The van der Waals surface area contributed by atoms with Crippen LogP contribution in [-0.4, -0.2) is 19.7 Å². The van der Waals surface area contributed by atoms with Crippen molar-refractivity contribution in [2.24, 2.45) is 11.8 Å². The van der Waals surface area contributed by atoms with Crippen molar-refractivity contribution in [1.82, 2.24) is 0 Å². The minimum Gasteiger partial charge on any atom is -0.493 e. The Balaban J connectivity index is 2.18. The second-order valence-corrected chi connectivity index (χ2v) is 6.81. The van der Waals surface area contributed by atoms with Crippen LogP contribution in [0.1, 0.15) is 62.1 Å². The van der Waals surface area contributed by atoms with Gasteiger partial charge < -0.3 is 9.47 Å². The Bertz CT molecular complexity index is 550. The number of esters is 1. The summed E-state index contributed by atoms with van der Waals surface area (Å²) in [5, 5.41) is 0. The molecule has 0 bridgehead atoms. The fraction of sp³-hybridized carbons (Fsp3) is 0.650. The minimum absolute atomic E-state index is 0.0484. The van der Waals surface area contributed by atoms with Crippen molar-refractivity contribution < 1.29 is 14.3 Å². The molecule has 0 saturated heterocycles. The molecule has 1 aromatic carbocycles. The normalized spacial score (nSPS) is 20.9. The molecular formula is C20H30O3. The standard InChI is InChI=1S/C20H30O3/c1-6-8-23-19-14(4)9-13(3)10-17(19)15(7-2)11-16-12-18(16)20(21)22-5/h9-10,15-16,18H,6-8,11-12H2,1-5H3. The summed E-state index contributed by atoms with van der Waals surface area (Å²) >= 11 is 0. The zero-order chi connectivity index (χ0) is 17.0. The smallest absolute Gasteiger partial charge is 0.308 e. The fourth-order valence-electron chi connectivity index (χ4n) is 3.52. The number of hydrogen-bond acceptors (Lipinski definition) is 3. The molecule has 3 atom stereocenters. The lowest BCUT2D eigenvalue weighted by Gasteiger charge is -2.22. The predicted molar refractivity (Wildman–Crippen MR) is 93.0 cm³/mol. The summed E-state index contributed by atoms with van der Waals surface area (Å²) in [6.07, 6.45) is 4.09. The van der Waals surface area contributed by atoms with Gasteiger partial charge in [-0.1, -0.05) is 31.5 Å². The first-order valence-electron chi connectivity index (χ1n) is 8.83. The van der Waals surface area contributed by atoms with E-state index in [1.807, 2.05) is 0 Å². The van der Waals surface area contributed by atoms with Gasteiger partial charge in [0.25, 0.3) is 0 Å². The van der Waals surface area contributed by atoms with Gasteiger partial charge in [0, 0.05) is 0 Å². The van der Waals surface area contributed by atoms with Crippen LogP contribution in [0.5, 0.6) is 5.75 Å². The van der Waals surface area contributed by atoms with Crippen LogP contribution in [-0.2, 0) is 9.53 Å². The third kappa shape index (κ3) is 4.27. The zero-order valence-electron chi connectivity index (χ0n) is 15.1. The third-order valence-electron chi connectivity index (χ3n) is 4.84. The minimum atomic E-state index is -0.0484. The quantitative estimate of drug-likeness (QED) is 0.647. The maximum absolute atomic E-state index is 11.7. The summed E-state index contributed by atoms with van der Waals surface area (Å²) in [5.41, 5.74) is 3.81. The van der Waals surface area contributed by atoms with Crippen molar-refractivity contribution in [2.75, 3.05) is 13.7 Å². The van der Waals surface area contributed by atoms with Gasteiger partial charge in [-0.15, -0.1) is 0 Å². The van der Waals surface area contributed by atoms with Crippen LogP contribution in [0.2, 0.25) is 0 Å². The Morgan fingerprint density at radius 3 is 2.65 bits per heavy atom.